The Morgan fingerprint density at radius 2 is 2.12 bits per heavy atom. The number of nitrogens with one attached hydrogen (secondary N) is 1. The van der Waals surface area contributed by atoms with Gasteiger partial charge in [-0.2, -0.15) is 8.78 Å². The summed E-state index contributed by atoms with van der Waals surface area (Å²) in [5.74, 6) is -2.87. The molecule has 0 bridgehead atoms. The molecule has 1 aromatic carbocycles. The van der Waals surface area contributed by atoms with Crippen molar-refractivity contribution in [2.45, 2.75) is 24.8 Å². The number of fused-ring (bicyclic) bond motifs is 1. The van der Waals surface area contributed by atoms with Crippen molar-refractivity contribution in [2.24, 2.45) is 0 Å². The van der Waals surface area contributed by atoms with Crippen molar-refractivity contribution in [2.75, 3.05) is 6.54 Å². The van der Waals surface area contributed by atoms with Gasteiger partial charge in [0.2, 0.25) is 0 Å². The van der Waals surface area contributed by atoms with Crippen molar-refractivity contribution in [1.82, 2.24) is 5.32 Å². The van der Waals surface area contributed by atoms with Crippen LogP contribution < -0.4 is 5.32 Å². The molecule has 0 radical (unpaired) electrons. The van der Waals surface area contributed by atoms with Gasteiger partial charge in [0.25, 0.3) is 5.92 Å². The molecule has 17 heavy (non-hydrogen) atoms. The maximum atomic E-state index is 14.3. The Hall–Kier alpha value is -1.42. The number of hydrogen-bond acceptors (Lipinski definition) is 2. The molecule has 1 fully saturated rings. The summed E-state index contributed by atoms with van der Waals surface area (Å²) < 4.78 is 33.8. The van der Waals surface area contributed by atoms with Crippen LogP contribution in [0.25, 0.3) is 11.0 Å². The van der Waals surface area contributed by atoms with E-state index in [1.165, 1.54) is 6.26 Å². The van der Waals surface area contributed by atoms with Crippen LogP contribution in [-0.2, 0) is 5.92 Å². The topological polar surface area (TPSA) is 25.2 Å². The van der Waals surface area contributed by atoms with Crippen LogP contribution in [0.1, 0.15) is 18.4 Å². The van der Waals surface area contributed by atoms with Gasteiger partial charge in [-0.15, -0.1) is 0 Å². The summed E-state index contributed by atoms with van der Waals surface area (Å²) in [5.41, 5.74) is 0.507. The monoisotopic (exact) mass is 237 g/mol. The van der Waals surface area contributed by atoms with E-state index >= 15 is 0 Å². The van der Waals surface area contributed by atoms with Gasteiger partial charge in [-0.05, 0) is 25.5 Å². The molecule has 1 aliphatic heterocycles. The van der Waals surface area contributed by atoms with E-state index < -0.39 is 12.0 Å². The molecule has 2 heterocycles. The highest BCUT2D eigenvalue weighted by Crippen LogP contribution is 2.39. The minimum Gasteiger partial charge on any atom is -0.464 e. The largest absolute Gasteiger partial charge is 0.464 e. The zero-order valence-electron chi connectivity index (χ0n) is 9.25. The molecule has 0 saturated carbocycles. The fraction of sp³-hybridized carbons (Fsp3) is 0.385. The minimum absolute atomic E-state index is 0.00694. The standard InChI is InChI=1S/C13H13F2NO/c14-13(15,12-6-3-7-16-12)10-8-17-11-5-2-1-4-9(10)11/h1-2,4-5,8,12,16H,3,6-7H2. The van der Waals surface area contributed by atoms with Crippen LogP contribution >= 0.6 is 0 Å². The summed E-state index contributed by atoms with van der Waals surface area (Å²) in [6.07, 6.45) is 2.49. The van der Waals surface area contributed by atoms with Gasteiger partial charge in [-0.1, -0.05) is 18.2 Å². The van der Waals surface area contributed by atoms with Crippen molar-refractivity contribution in [3.05, 3.63) is 36.1 Å². The lowest BCUT2D eigenvalue weighted by Crippen LogP contribution is -2.38. The van der Waals surface area contributed by atoms with Crippen LogP contribution in [0, 0.1) is 0 Å². The van der Waals surface area contributed by atoms with E-state index in [9.17, 15) is 8.78 Å². The van der Waals surface area contributed by atoms with Crippen LogP contribution in [0.2, 0.25) is 0 Å². The van der Waals surface area contributed by atoms with Gasteiger partial charge < -0.3 is 9.73 Å². The Bertz CT molecular complexity index is 529. The lowest BCUT2D eigenvalue weighted by molar-refractivity contribution is -0.0368. The third kappa shape index (κ3) is 1.63. The highest BCUT2D eigenvalue weighted by molar-refractivity contribution is 5.81. The Balaban J connectivity index is 2.07. The number of rotatable bonds is 2. The summed E-state index contributed by atoms with van der Waals surface area (Å²) in [5, 5.41) is 3.36. The van der Waals surface area contributed by atoms with E-state index in [4.69, 9.17) is 4.42 Å². The molecule has 1 unspecified atom stereocenters. The maximum absolute atomic E-state index is 14.3. The lowest BCUT2D eigenvalue weighted by Gasteiger charge is -2.22. The van der Waals surface area contributed by atoms with Gasteiger partial charge in [0.1, 0.15) is 11.8 Å². The Kier molecular flexibility index (Phi) is 2.40. The van der Waals surface area contributed by atoms with E-state index in [2.05, 4.69) is 5.32 Å². The number of halogens is 2. The van der Waals surface area contributed by atoms with Gasteiger partial charge in [0.05, 0.1) is 11.6 Å². The first kappa shape index (κ1) is 10.7. The Labute approximate surface area is 97.6 Å². The first-order chi connectivity index (χ1) is 8.19. The molecule has 0 aliphatic carbocycles. The predicted molar refractivity (Wildman–Crippen MR) is 61.1 cm³/mol. The second kappa shape index (κ2) is 3.81. The Morgan fingerprint density at radius 1 is 1.29 bits per heavy atom. The van der Waals surface area contributed by atoms with E-state index in [-0.39, 0.29) is 5.56 Å². The summed E-state index contributed by atoms with van der Waals surface area (Å²) in [7, 11) is 0. The molecule has 1 saturated heterocycles. The number of hydrogen-bond donors (Lipinski definition) is 1. The predicted octanol–water partition coefficient (Wildman–Crippen LogP) is 3.28. The highest BCUT2D eigenvalue weighted by Gasteiger charge is 2.44. The number of para-hydroxylation sites is 1. The van der Waals surface area contributed by atoms with Crippen molar-refractivity contribution < 1.29 is 13.2 Å². The van der Waals surface area contributed by atoms with Crippen molar-refractivity contribution in [3.63, 3.8) is 0 Å². The SMILES string of the molecule is FC(F)(c1coc2ccccc12)C1CCCN1. The molecular formula is C13H13F2NO. The second-order valence-electron chi connectivity index (χ2n) is 4.42. The van der Waals surface area contributed by atoms with E-state index in [0.717, 1.165) is 6.42 Å². The van der Waals surface area contributed by atoms with E-state index in [1.807, 2.05) is 0 Å². The molecule has 3 rings (SSSR count). The molecule has 1 atom stereocenters. The Morgan fingerprint density at radius 3 is 2.88 bits per heavy atom. The zero-order valence-corrected chi connectivity index (χ0v) is 9.25. The zero-order chi connectivity index (χ0) is 11.9. The van der Waals surface area contributed by atoms with Crippen LogP contribution in [-0.4, -0.2) is 12.6 Å². The summed E-state index contributed by atoms with van der Waals surface area (Å²) in [6, 6.07) is 6.14. The number of alkyl halides is 2. The molecule has 0 amide bonds. The van der Waals surface area contributed by atoms with Crippen molar-refractivity contribution in [1.29, 1.82) is 0 Å². The third-order valence-corrected chi connectivity index (χ3v) is 3.34. The van der Waals surface area contributed by atoms with Crippen molar-refractivity contribution in [3.8, 4) is 0 Å². The maximum Gasteiger partial charge on any atom is 0.291 e. The number of benzene rings is 1. The van der Waals surface area contributed by atoms with Gasteiger partial charge in [-0.3, -0.25) is 0 Å². The lowest BCUT2D eigenvalue weighted by atomic mass is 9.99. The molecule has 1 aliphatic rings. The molecule has 90 valence electrons. The third-order valence-electron chi connectivity index (χ3n) is 3.34. The van der Waals surface area contributed by atoms with Gasteiger partial charge in [0, 0.05) is 5.39 Å². The fourth-order valence-corrected chi connectivity index (χ4v) is 2.42. The van der Waals surface area contributed by atoms with E-state index in [0.29, 0.717) is 23.9 Å². The van der Waals surface area contributed by atoms with Gasteiger partial charge in [0.15, 0.2) is 0 Å². The molecule has 1 N–H and O–H groups in total. The highest BCUT2D eigenvalue weighted by atomic mass is 19.3. The van der Waals surface area contributed by atoms with Crippen LogP contribution in [0.5, 0.6) is 0 Å². The molecular weight excluding hydrogens is 224 g/mol. The smallest absolute Gasteiger partial charge is 0.291 e. The molecule has 0 spiro atoms. The average Bonchev–Trinajstić information content (AvgIpc) is 2.99. The van der Waals surface area contributed by atoms with Gasteiger partial charge in [-0.25, -0.2) is 0 Å². The molecule has 2 aromatic rings. The van der Waals surface area contributed by atoms with Crippen molar-refractivity contribution >= 4 is 11.0 Å². The summed E-state index contributed by atoms with van der Waals surface area (Å²) in [4.78, 5) is 0. The molecule has 1 aromatic heterocycles. The first-order valence-corrected chi connectivity index (χ1v) is 5.77. The van der Waals surface area contributed by atoms with Crippen LogP contribution in [0.3, 0.4) is 0 Å². The number of furan rings is 1. The quantitative estimate of drug-likeness (QED) is 0.867. The normalized spacial score (nSPS) is 21.2. The van der Waals surface area contributed by atoms with E-state index in [1.54, 1.807) is 24.3 Å². The van der Waals surface area contributed by atoms with Crippen LogP contribution in [0.15, 0.2) is 34.9 Å². The first-order valence-electron chi connectivity index (χ1n) is 5.77. The fourth-order valence-electron chi connectivity index (χ4n) is 2.42. The van der Waals surface area contributed by atoms with Gasteiger partial charge >= 0.3 is 0 Å². The average molecular weight is 237 g/mol. The molecule has 4 heteroatoms. The van der Waals surface area contributed by atoms with Crippen LogP contribution in [0.4, 0.5) is 8.78 Å². The second-order valence-corrected chi connectivity index (χ2v) is 4.42. The summed E-state index contributed by atoms with van der Waals surface area (Å²) in [6.45, 7) is 0.663. The molecule has 2 nitrogen and oxygen atoms in total. The minimum atomic E-state index is -2.87. The summed E-state index contributed by atoms with van der Waals surface area (Å²) >= 11 is 0.